The molecule has 1 atom stereocenters. The van der Waals surface area contributed by atoms with E-state index in [1.807, 2.05) is 30.3 Å². The van der Waals surface area contributed by atoms with Crippen LogP contribution in [0.4, 0.5) is 0 Å². The standard InChI is InChI=1S/C18H20ClN3O4/c1-12-16(17(19)22(21-12)13-6-3-2-4-7-13)18(24)26-11-15(23)20-10-14-8-5-9-25-14/h2-4,6-7,14H,5,8-11H2,1H3,(H,20,23)/t14-/m0/s1. The first-order chi connectivity index (χ1) is 12.6. The van der Waals surface area contributed by atoms with Crippen molar-refractivity contribution in [3.8, 4) is 5.69 Å². The van der Waals surface area contributed by atoms with Gasteiger partial charge in [-0.15, -0.1) is 0 Å². The Morgan fingerprint density at radius 3 is 2.85 bits per heavy atom. The van der Waals surface area contributed by atoms with Gasteiger partial charge in [-0.2, -0.15) is 5.10 Å². The molecule has 2 aromatic rings. The Morgan fingerprint density at radius 1 is 1.38 bits per heavy atom. The fourth-order valence-corrected chi connectivity index (χ4v) is 3.11. The molecule has 1 saturated heterocycles. The number of nitrogens with zero attached hydrogens (tertiary/aromatic N) is 2. The van der Waals surface area contributed by atoms with E-state index < -0.39 is 5.97 Å². The van der Waals surface area contributed by atoms with Crippen LogP contribution in [0.5, 0.6) is 0 Å². The summed E-state index contributed by atoms with van der Waals surface area (Å²) in [7, 11) is 0. The van der Waals surface area contributed by atoms with Gasteiger partial charge in [0.05, 0.1) is 17.5 Å². The van der Waals surface area contributed by atoms with Crippen molar-refractivity contribution in [1.82, 2.24) is 15.1 Å². The number of aryl methyl sites for hydroxylation is 1. The summed E-state index contributed by atoms with van der Waals surface area (Å²) in [6, 6.07) is 9.22. The van der Waals surface area contributed by atoms with E-state index in [0.29, 0.717) is 12.2 Å². The van der Waals surface area contributed by atoms with Gasteiger partial charge < -0.3 is 14.8 Å². The summed E-state index contributed by atoms with van der Waals surface area (Å²) in [5.74, 6) is -1.06. The number of para-hydroxylation sites is 1. The maximum atomic E-state index is 12.3. The minimum atomic E-state index is -0.679. The molecule has 0 aliphatic carbocycles. The summed E-state index contributed by atoms with van der Waals surface area (Å²) in [6.45, 7) is 2.43. The number of rotatable bonds is 6. The number of hydrogen-bond acceptors (Lipinski definition) is 5. The van der Waals surface area contributed by atoms with E-state index in [2.05, 4.69) is 10.4 Å². The second-order valence-electron chi connectivity index (χ2n) is 6.01. The van der Waals surface area contributed by atoms with E-state index in [-0.39, 0.29) is 29.3 Å². The largest absolute Gasteiger partial charge is 0.452 e. The van der Waals surface area contributed by atoms with E-state index in [1.165, 1.54) is 4.68 Å². The highest BCUT2D eigenvalue weighted by molar-refractivity contribution is 6.33. The first-order valence-electron chi connectivity index (χ1n) is 8.42. The van der Waals surface area contributed by atoms with Crippen LogP contribution in [0.25, 0.3) is 5.69 Å². The minimum absolute atomic E-state index is 0.0374. The Balaban J connectivity index is 1.59. The molecule has 1 aromatic heterocycles. The maximum Gasteiger partial charge on any atom is 0.343 e. The molecule has 1 aliphatic heterocycles. The Morgan fingerprint density at radius 2 is 2.15 bits per heavy atom. The zero-order chi connectivity index (χ0) is 18.5. The van der Waals surface area contributed by atoms with Gasteiger partial charge in [0.2, 0.25) is 0 Å². The van der Waals surface area contributed by atoms with Gasteiger partial charge in [0.15, 0.2) is 6.61 Å². The molecule has 138 valence electrons. The molecule has 1 fully saturated rings. The van der Waals surface area contributed by atoms with Crippen LogP contribution < -0.4 is 5.32 Å². The van der Waals surface area contributed by atoms with Crippen molar-refractivity contribution in [3.63, 3.8) is 0 Å². The van der Waals surface area contributed by atoms with Crippen LogP contribution in [0.1, 0.15) is 28.9 Å². The van der Waals surface area contributed by atoms with Gasteiger partial charge in [0, 0.05) is 13.2 Å². The van der Waals surface area contributed by atoms with Crippen molar-refractivity contribution in [3.05, 3.63) is 46.7 Å². The summed E-state index contributed by atoms with van der Waals surface area (Å²) < 4.78 is 12.0. The molecule has 8 heteroatoms. The number of carbonyl (C=O) groups excluding carboxylic acids is 2. The number of hydrogen-bond donors (Lipinski definition) is 1. The number of benzene rings is 1. The monoisotopic (exact) mass is 377 g/mol. The molecular weight excluding hydrogens is 358 g/mol. The average Bonchev–Trinajstić information content (AvgIpc) is 3.26. The Hall–Kier alpha value is -2.38. The van der Waals surface area contributed by atoms with Gasteiger partial charge in [0.1, 0.15) is 10.7 Å². The van der Waals surface area contributed by atoms with Crippen LogP contribution in [0.3, 0.4) is 0 Å². The average molecular weight is 378 g/mol. The van der Waals surface area contributed by atoms with Crippen LogP contribution in [-0.2, 0) is 14.3 Å². The molecule has 0 radical (unpaired) electrons. The number of amides is 1. The highest BCUT2D eigenvalue weighted by Gasteiger charge is 2.23. The number of aromatic nitrogens is 2. The number of halogens is 1. The van der Waals surface area contributed by atoms with Crippen molar-refractivity contribution in [2.75, 3.05) is 19.8 Å². The number of carbonyl (C=O) groups is 2. The SMILES string of the molecule is Cc1nn(-c2ccccc2)c(Cl)c1C(=O)OCC(=O)NC[C@@H]1CCCO1. The molecule has 0 spiro atoms. The van der Waals surface area contributed by atoms with Gasteiger partial charge in [0.25, 0.3) is 5.91 Å². The Labute approximate surface area is 156 Å². The molecule has 3 rings (SSSR count). The zero-order valence-electron chi connectivity index (χ0n) is 14.4. The predicted octanol–water partition coefficient (Wildman–Crippen LogP) is 2.29. The first kappa shape index (κ1) is 18.4. The van der Waals surface area contributed by atoms with Crippen LogP contribution in [0.15, 0.2) is 30.3 Å². The third kappa shape index (κ3) is 4.23. The van der Waals surface area contributed by atoms with E-state index in [4.69, 9.17) is 21.1 Å². The smallest absolute Gasteiger partial charge is 0.343 e. The zero-order valence-corrected chi connectivity index (χ0v) is 15.2. The molecule has 0 bridgehead atoms. The molecule has 26 heavy (non-hydrogen) atoms. The van der Waals surface area contributed by atoms with E-state index >= 15 is 0 Å². The lowest BCUT2D eigenvalue weighted by Crippen LogP contribution is -2.34. The highest BCUT2D eigenvalue weighted by atomic mass is 35.5. The topological polar surface area (TPSA) is 82.5 Å². The first-order valence-corrected chi connectivity index (χ1v) is 8.80. The predicted molar refractivity (Wildman–Crippen MR) is 95.6 cm³/mol. The molecule has 1 aliphatic rings. The summed E-state index contributed by atoms with van der Waals surface area (Å²) in [5, 5.41) is 7.13. The van der Waals surface area contributed by atoms with Gasteiger partial charge in [-0.25, -0.2) is 9.48 Å². The van der Waals surface area contributed by atoms with Gasteiger partial charge in [-0.3, -0.25) is 4.79 Å². The minimum Gasteiger partial charge on any atom is -0.452 e. The van der Waals surface area contributed by atoms with Gasteiger partial charge >= 0.3 is 5.97 Å². The van der Waals surface area contributed by atoms with Crippen molar-refractivity contribution in [1.29, 1.82) is 0 Å². The van der Waals surface area contributed by atoms with Crippen molar-refractivity contribution in [2.45, 2.75) is 25.9 Å². The third-order valence-corrected chi connectivity index (χ3v) is 4.44. The molecule has 1 amide bonds. The lowest BCUT2D eigenvalue weighted by molar-refractivity contribution is -0.124. The van der Waals surface area contributed by atoms with Crippen molar-refractivity contribution in [2.24, 2.45) is 0 Å². The third-order valence-electron chi connectivity index (χ3n) is 4.09. The Bertz CT molecular complexity index is 785. The maximum absolute atomic E-state index is 12.3. The molecular formula is C18H20ClN3O4. The van der Waals surface area contributed by atoms with E-state index in [1.54, 1.807) is 6.92 Å². The second kappa shape index (κ2) is 8.33. The fraction of sp³-hybridized carbons (Fsp3) is 0.389. The second-order valence-corrected chi connectivity index (χ2v) is 6.37. The molecule has 1 N–H and O–H groups in total. The number of ether oxygens (including phenoxy) is 2. The number of esters is 1. The lowest BCUT2D eigenvalue weighted by Gasteiger charge is -2.11. The van der Waals surface area contributed by atoms with Crippen LogP contribution in [0.2, 0.25) is 5.15 Å². The van der Waals surface area contributed by atoms with Crippen LogP contribution >= 0.6 is 11.6 Å². The summed E-state index contributed by atoms with van der Waals surface area (Å²) in [6.07, 6.45) is 1.96. The molecule has 1 aromatic carbocycles. The van der Waals surface area contributed by atoms with E-state index in [0.717, 1.165) is 25.1 Å². The number of nitrogens with one attached hydrogen (secondary N) is 1. The molecule has 0 saturated carbocycles. The molecule has 7 nitrogen and oxygen atoms in total. The molecule has 0 unspecified atom stereocenters. The highest BCUT2D eigenvalue weighted by Crippen LogP contribution is 2.24. The normalized spacial score (nSPS) is 16.5. The quantitative estimate of drug-likeness (QED) is 0.781. The van der Waals surface area contributed by atoms with Gasteiger partial charge in [-0.1, -0.05) is 29.8 Å². The summed E-state index contributed by atoms with van der Waals surface area (Å²) >= 11 is 6.30. The van der Waals surface area contributed by atoms with Crippen LogP contribution in [-0.4, -0.2) is 47.5 Å². The van der Waals surface area contributed by atoms with Crippen molar-refractivity contribution >= 4 is 23.5 Å². The Kier molecular flexibility index (Phi) is 5.90. The summed E-state index contributed by atoms with van der Waals surface area (Å²) in [4.78, 5) is 24.2. The van der Waals surface area contributed by atoms with Crippen molar-refractivity contribution < 1.29 is 19.1 Å². The lowest BCUT2D eigenvalue weighted by atomic mass is 10.2. The molecule has 2 heterocycles. The summed E-state index contributed by atoms with van der Waals surface area (Å²) in [5.41, 5.74) is 1.32. The fourth-order valence-electron chi connectivity index (χ4n) is 2.76. The van der Waals surface area contributed by atoms with Crippen LogP contribution in [0, 0.1) is 6.92 Å². The van der Waals surface area contributed by atoms with Gasteiger partial charge in [-0.05, 0) is 31.9 Å². The van der Waals surface area contributed by atoms with E-state index in [9.17, 15) is 9.59 Å².